The summed E-state index contributed by atoms with van der Waals surface area (Å²) in [4.78, 5) is 25.9. The first-order valence-corrected chi connectivity index (χ1v) is 10.0. The lowest BCUT2D eigenvalue weighted by molar-refractivity contribution is 0.102. The third-order valence-corrected chi connectivity index (χ3v) is 5.26. The van der Waals surface area contributed by atoms with Crippen LogP contribution in [-0.2, 0) is 6.42 Å². The second kappa shape index (κ2) is 8.73. The molecule has 6 nitrogen and oxygen atoms in total. The highest BCUT2D eigenvalue weighted by Crippen LogP contribution is 2.20. The number of carbonyl (C=O) groups is 1. The van der Waals surface area contributed by atoms with Crippen LogP contribution in [0.1, 0.15) is 23.0 Å². The van der Waals surface area contributed by atoms with Crippen molar-refractivity contribution in [3.63, 3.8) is 0 Å². The molecule has 1 amide bonds. The second-order valence-corrected chi connectivity index (χ2v) is 7.04. The zero-order valence-electron chi connectivity index (χ0n) is 16.6. The van der Waals surface area contributed by atoms with Gasteiger partial charge in [0.1, 0.15) is 17.8 Å². The average Bonchev–Trinajstić information content (AvgIpc) is 2.80. The normalized spacial score (nSPS) is 14.0. The SMILES string of the molecule is CCc1ccccc1NC(=O)c1cc(N2CCN(c3ccccc3)CC2)ncn1. The van der Waals surface area contributed by atoms with Crippen LogP contribution in [0.4, 0.5) is 17.2 Å². The van der Waals surface area contributed by atoms with Gasteiger partial charge >= 0.3 is 0 Å². The van der Waals surface area contributed by atoms with E-state index in [0.29, 0.717) is 5.69 Å². The molecule has 0 atom stereocenters. The third-order valence-electron chi connectivity index (χ3n) is 5.26. The summed E-state index contributed by atoms with van der Waals surface area (Å²) in [6.07, 6.45) is 2.33. The van der Waals surface area contributed by atoms with Gasteiger partial charge in [0.2, 0.25) is 0 Å². The van der Waals surface area contributed by atoms with Crippen LogP contribution in [0.15, 0.2) is 67.0 Å². The van der Waals surface area contributed by atoms with Crippen molar-refractivity contribution in [2.24, 2.45) is 0 Å². The van der Waals surface area contributed by atoms with Crippen molar-refractivity contribution >= 4 is 23.1 Å². The highest BCUT2D eigenvalue weighted by atomic mass is 16.1. The van der Waals surface area contributed by atoms with Crippen LogP contribution in [0.5, 0.6) is 0 Å². The number of hydrogen-bond acceptors (Lipinski definition) is 5. The van der Waals surface area contributed by atoms with Gasteiger partial charge in [-0.15, -0.1) is 0 Å². The monoisotopic (exact) mass is 387 g/mol. The maximum Gasteiger partial charge on any atom is 0.274 e. The number of hydrogen-bond donors (Lipinski definition) is 1. The Labute approximate surface area is 171 Å². The molecular weight excluding hydrogens is 362 g/mol. The molecule has 1 fully saturated rings. The number of anilines is 3. The summed E-state index contributed by atoms with van der Waals surface area (Å²) in [5.74, 6) is 0.583. The number of nitrogens with zero attached hydrogens (tertiary/aromatic N) is 4. The van der Waals surface area contributed by atoms with Crippen molar-refractivity contribution in [2.75, 3.05) is 41.3 Å². The van der Waals surface area contributed by atoms with Gasteiger partial charge in [-0.3, -0.25) is 4.79 Å². The molecule has 0 saturated carbocycles. The largest absolute Gasteiger partial charge is 0.368 e. The van der Waals surface area contributed by atoms with Gasteiger partial charge in [-0.25, -0.2) is 9.97 Å². The maximum atomic E-state index is 12.7. The Kier molecular flexibility index (Phi) is 5.70. The van der Waals surface area contributed by atoms with E-state index in [1.54, 1.807) is 6.07 Å². The summed E-state index contributed by atoms with van der Waals surface area (Å²) < 4.78 is 0. The number of piperazine rings is 1. The molecule has 2 aromatic carbocycles. The van der Waals surface area contributed by atoms with Gasteiger partial charge in [0.05, 0.1) is 0 Å². The van der Waals surface area contributed by atoms with Gasteiger partial charge in [-0.2, -0.15) is 0 Å². The molecule has 0 aliphatic carbocycles. The van der Waals surface area contributed by atoms with Crippen LogP contribution in [-0.4, -0.2) is 42.1 Å². The summed E-state index contributed by atoms with van der Waals surface area (Å²) in [6.45, 7) is 5.61. The van der Waals surface area contributed by atoms with Crippen molar-refractivity contribution in [1.82, 2.24) is 9.97 Å². The van der Waals surface area contributed by atoms with Crippen molar-refractivity contribution in [1.29, 1.82) is 0 Å². The Hall–Kier alpha value is -3.41. The number of amides is 1. The second-order valence-electron chi connectivity index (χ2n) is 7.04. The smallest absolute Gasteiger partial charge is 0.274 e. The highest BCUT2D eigenvalue weighted by Gasteiger charge is 2.20. The molecule has 6 heteroatoms. The van der Waals surface area contributed by atoms with E-state index < -0.39 is 0 Å². The zero-order chi connectivity index (χ0) is 20.1. The predicted molar refractivity (Wildman–Crippen MR) is 117 cm³/mol. The summed E-state index contributed by atoms with van der Waals surface area (Å²) >= 11 is 0. The minimum Gasteiger partial charge on any atom is -0.368 e. The molecule has 0 radical (unpaired) electrons. The van der Waals surface area contributed by atoms with Crippen molar-refractivity contribution in [3.05, 3.63) is 78.2 Å². The molecule has 1 saturated heterocycles. The van der Waals surface area contributed by atoms with Crippen LogP contribution in [0.2, 0.25) is 0 Å². The summed E-state index contributed by atoms with van der Waals surface area (Å²) in [6, 6.07) is 20.1. The Balaban J connectivity index is 1.43. The summed E-state index contributed by atoms with van der Waals surface area (Å²) in [5.41, 5.74) is 3.56. The molecule has 0 spiro atoms. The maximum absolute atomic E-state index is 12.7. The van der Waals surface area contributed by atoms with Crippen molar-refractivity contribution in [2.45, 2.75) is 13.3 Å². The van der Waals surface area contributed by atoms with Gasteiger partial charge in [0.15, 0.2) is 0 Å². The van der Waals surface area contributed by atoms with Crippen LogP contribution < -0.4 is 15.1 Å². The van der Waals surface area contributed by atoms with Gasteiger partial charge in [0.25, 0.3) is 5.91 Å². The van der Waals surface area contributed by atoms with E-state index in [4.69, 9.17) is 0 Å². The number of carbonyl (C=O) groups excluding carboxylic acids is 1. The predicted octanol–water partition coefficient (Wildman–Crippen LogP) is 3.62. The van der Waals surface area contributed by atoms with E-state index in [1.807, 2.05) is 30.3 Å². The molecule has 0 unspecified atom stereocenters. The number of rotatable bonds is 5. The molecule has 1 N–H and O–H groups in total. The summed E-state index contributed by atoms with van der Waals surface area (Å²) in [5, 5.41) is 2.98. The van der Waals surface area contributed by atoms with Crippen LogP contribution in [0, 0.1) is 0 Å². The van der Waals surface area contributed by atoms with E-state index >= 15 is 0 Å². The zero-order valence-corrected chi connectivity index (χ0v) is 16.6. The first-order valence-electron chi connectivity index (χ1n) is 10.0. The molecule has 148 valence electrons. The topological polar surface area (TPSA) is 61.4 Å². The van der Waals surface area contributed by atoms with E-state index in [0.717, 1.165) is 49.7 Å². The van der Waals surface area contributed by atoms with Crippen molar-refractivity contribution < 1.29 is 4.79 Å². The van der Waals surface area contributed by atoms with E-state index in [9.17, 15) is 4.79 Å². The quantitative estimate of drug-likeness (QED) is 0.725. The Bertz CT molecular complexity index is 968. The first kappa shape index (κ1) is 18.9. The van der Waals surface area contributed by atoms with E-state index in [1.165, 1.54) is 12.0 Å². The lowest BCUT2D eigenvalue weighted by atomic mass is 10.1. The summed E-state index contributed by atoms with van der Waals surface area (Å²) in [7, 11) is 0. The van der Waals surface area contributed by atoms with Crippen LogP contribution in [0.25, 0.3) is 0 Å². The molecule has 0 bridgehead atoms. The highest BCUT2D eigenvalue weighted by molar-refractivity contribution is 6.03. The van der Waals surface area contributed by atoms with Crippen LogP contribution in [0.3, 0.4) is 0 Å². The molecule has 1 aliphatic heterocycles. The molecule has 1 aliphatic rings. The average molecular weight is 387 g/mol. The fraction of sp³-hybridized carbons (Fsp3) is 0.261. The number of para-hydroxylation sites is 2. The first-order chi connectivity index (χ1) is 14.2. The van der Waals surface area contributed by atoms with Crippen LogP contribution >= 0.6 is 0 Å². The molecule has 1 aromatic heterocycles. The van der Waals surface area contributed by atoms with Gasteiger partial charge < -0.3 is 15.1 Å². The van der Waals surface area contributed by atoms with Gasteiger partial charge in [-0.05, 0) is 30.2 Å². The van der Waals surface area contributed by atoms with Gasteiger partial charge in [0, 0.05) is 43.6 Å². The molecule has 3 aromatic rings. The molecule has 29 heavy (non-hydrogen) atoms. The Morgan fingerprint density at radius 1 is 0.931 bits per heavy atom. The van der Waals surface area contributed by atoms with Gasteiger partial charge in [-0.1, -0.05) is 43.3 Å². The standard InChI is InChI=1S/C23H25N5O/c1-2-18-8-6-7-11-20(18)26-23(29)21-16-22(25-17-24-21)28-14-12-27(13-15-28)19-9-4-3-5-10-19/h3-11,16-17H,2,12-15H2,1H3,(H,26,29). The number of aromatic nitrogens is 2. The number of nitrogens with one attached hydrogen (secondary N) is 1. The minimum absolute atomic E-state index is 0.211. The lowest BCUT2D eigenvalue weighted by Gasteiger charge is -2.36. The fourth-order valence-corrected chi connectivity index (χ4v) is 3.61. The minimum atomic E-state index is -0.211. The third kappa shape index (κ3) is 4.37. The lowest BCUT2D eigenvalue weighted by Crippen LogP contribution is -2.46. The molecule has 4 rings (SSSR count). The molecule has 2 heterocycles. The number of benzene rings is 2. The molecular formula is C23H25N5O. The fourth-order valence-electron chi connectivity index (χ4n) is 3.61. The Morgan fingerprint density at radius 2 is 1.62 bits per heavy atom. The number of aryl methyl sites for hydroxylation is 1. The Morgan fingerprint density at radius 3 is 2.38 bits per heavy atom. The van der Waals surface area contributed by atoms with E-state index in [-0.39, 0.29) is 5.91 Å². The van der Waals surface area contributed by atoms with E-state index in [2.05, 4.69) is 56.3 Å². The van der Waals surface area contributed by atoms with Crippen molar-refractivity contribution in [3.8, 4) is 0 Å².